The lowest BCUT2D eigenvalue weighted by molar-refractivity contribution is 0.241. The lowest BCUT2D eigenvalue weighted by Crippen LogP contribution is -2.07. The van der Waals surface area contributed by atoms with Crippen molar-refractivity contribution in [2.75, 3.05) is 12.5 Å². The van der Waals surface area contributed by atoms with Crippen LogP contribution in [0.25, 0.3) is 0 Å². The normalized spacial score (nSPS) is 12.7. The lowest BCUT2D eigenvalue weighted by Gasteiger charge is -2.15. The molecular weight excluding hydrogens is 248 g/mol. The molecule has 1 rings (SSSR count). The summed E-state index contributed by atoms with van der Waals surface area (Å²) in [5, 5.41) is 9.43. The van der Waals surface area contributed by atoms with E-state index in [0.717, 1.165) is 25.0 Å². The zero-order valence-corrected chi connectivity index (χ0v) is 12.0. The number of aliphatic hydroxyl groups excluding tert-OH is 1. The van der Waals surface area contributed by atoms with Gasteiger partial charge in [0.05, 0.1) is 6.10 Å². The summed E-state index contributed by atoms with van der Waals surface area (Å²) in [4.78, 5) is 0. The van der Waals surface area contributed by atoms with Crippen LogP contribution in [0.5, 0.6) is 5.75 Å². The first-order valence-corrected chi connectivity index (χ1v) is 7.14. The number of ether oxygens (including phenoxy) is 1. The minimum atomic E-state index is 0.187. The van der Waals surface area contributed by atoms with Gasteiger partial charge in [0.15, 0.2) is 0 Å². The molecule has 1 aromatic carbocycles. The Bertz CT molecular complexity index is 322. The first kappa shape index (κ1) is 15.3. The highest BCUT2D eigenvalue weighted by atomic mass is 35.5. The van der Waals surface area contributed by atoms with Gasteiger partial charge in [0.2, 0.25) is 0 Å². The van der Waals surface area contributed by atoms with Crippen LogP contribution in [0.2, 0.25) is 0 Å². The Morgan fingerprint density at radius 3 is 2.33 bits per heavy atom. The van der Waals surface area contributed by atoms with E-state index in [1.54, 1.807) is 0 Å². The number of unbranched alkanes of at least 4 members (excludes halogenated alkanes) is 1. The maximum absolute atomic E-state index is 9.43. The standard InChI is InChI=1S/C15H23ClO2/c1-12(2)18-15-8-6-13(7-9-15)14(11-17)5-3-4-10-16/h6-9,12,14,17H,3-5,10-11H2,1-2H3. The van der Waals surface area contributed by atoms with E-state index in [-0.39, 0.29) is 18.6 Å². The molecule has 1 atom stereocenters. The molecule has 0 aliphatic rings. The Balaban J connectivity index is 2.57. The summed E-state index contributed by atoms with van der Waals surface area (Å²) in [5.41, 5.74) is 1.17. The van der Waals surface area contributed by atoms with Crippen LogP contribution in [0, 0.1) is 0 Å². The molecule has 0 saturated heterocycles. The molecule has 0 aliphatic carbocycles. The average molecular weight is 271 g/mol. The summed E-state index contributed by atoms with van der Waals surface area (Å²) in [6, 6.07) is 8.03. The highest BCUT2D eigenvalue weighted by Crippen LogP contribution is 2.24. The third-order valence-electron chi connectivity index (χ3n) is 2.88. The topological polar surface area (TPSA) is 29.5 Å². The van der Waals surface area contributed by atoms with Crippen molar-refractivity contribution < 1.29 is 9.84 Å². The molecule has 1 aromatic rings. The molecule has 0 amide bonds. The fourth-order valence-corrected chi connectivity index (χ4v) is 2.13. The number of alkyl halides is 1. The van der Waals surface area contributed by atoms with E-state index in [9.17, 15) is 5.11 Å². The monoisotopic (exact) mass is 270 g/mol. The second-order valence-electron chi connectivity index (χ2n) is 4.80. The number of benzene rings is 1. The summed E-state index contributed by atoms with van der Waals surface area (Å²) in [5.74, 6) is 1.78. The van der Waals surface area contributed by atoms with Crippen LogP contribution in [0.4, 0.5) is 0 Å². The number of halogens is 1. The van der Waals surface area contributed by atoms with Crippen molar-refractivity contribution in [3.05, 3.63) is 29.8 Å². The predicted molar refractivity (Wildman–Crippen MR) is 76.6 cm³/mol. The Labute approximate surface area is 115 Å². The van der Waals surface area contributed by atoms with E-state index >= 15 is 0 Å². The molecule has 0 radical (unpaired) electrons. The van der Waals surface area contributed by atoms with Gasteiger partial charge in [0.25, 0.3) is 0 Å². The lowest BCUT2D eigenvalue weighted by atomic mass is 9.94. The van der Waals surface area contributed by atoms with Gasteiger partial charge in [-0.15, -0.1) is 11.6 Å². The molecule has 3 heteroatoms. The average Bonchev–Trinajstić information content (AvgIpc) is 2.35. The Morgan fingerprint density at radius 2 is 1.83 bits per heavy atom. The van der Waals surface area contributed by atoms with Gasteiger partial charge in [-0.05, 0) is 44.4 Å². The molecule has 0 aliphatic heterocycles. The maximum Gasteiger partial charge on any atom is 0.119 e. The van der Waals surface area contributed by atoms with Crippen molar-refractivity contribution in [2.45, 2.75) is 45.1 Å². The van der Waals surface area contributed by atoms with Gasteiger partial charge in [-0.2, -0.15) is 0 Å². The maximum atomic E-state index is 9.43. The SMILES string of the molecule is CC(C)Oc1ccc(C(CO)CCCCCl)cc1. The zero-order chi connectivity index (χ0) is 13.4. The van der Waals surface area contributed by atoms with Gasteiger partial charge < -0.3 is 9.84 Å². The second kappa shape index (κ2) is 8.39. The molecule has 0 heterocycles. The van der Waals surface area contributed by atoms with Crippen molar-refractivity contribution in [3.8, 4) is 5.75 Å². The minimum absolute atomic E-state index is 0.187. The number of aliphatic hydroxyl groups is 1. The van der Waals surface area contributed by atoms with Crippen LogP contribution in [-0.2, 0) is 0 Å². The van der Waals surface area contributed by atoms with Gasteiger partial charge in [-0.1, -0.05) is 18.6 Å². The quantitative estimate of drug-likeness (QED) is 0.572. The van der Waals surface area contributed by atoms with E-state index in [0.29, 0.717) is 5.88 Å². The van der Waals surface area contributed by atoms with E-state index in [4.69, 9.17) is 16.3 Å². The van der Waals surface area contributed by atoms with Gasteiger partial charge in [0.1, 0.15) is 5.75 Å². The van der Waals surface area contributed by atoms with E-state index in [2.05, 4.69) is 0 Å². The highest BCUT2D eigenvalue weighted by Gasteiger charge is 2.10. The third-order valence-corrected chi connectivity index (χ3v) is 3.15. The van der Waals surface area contributed by atoms with Crippen LogP contribution >= 0.6 is 11.6 Å². The number of hydrogen-bond donors (Lipinski definition) is 1. The summed E-state index contributed by atoms with van der Waals surface area (Å²) < 4.78 is 5.60. The van der Waals surface area contributed by atoms with Crippen LogP contribution in [0.1, 0.15) is 44.6 Å². The first-order valence-electron chi connectivity index (χ1n) is 6.60. The Morgan fingerprint density at radius 1 is 1.17 bits per heavy atom. The third kappa shape index (κ3) is 5.28. The highest BCUT2D eigenvalue weighted by molar-refractivity contribution is 6.17. The smallest absolute Gasteiger partial charge is 0.119 e. The number of rotatable bonds is 8. The Hall–Kier alpha value is -0.730. The van der Waals surface area contributed by atoms with Crippen molar-refractivity contribution in [1.29, 1.82) is 0 Å². The fraction of sp³-hybridized carbons (Fsp3) is 0.600. The molecule has 1 N–H and O–H groups in total. The minimum Gasteiger partial charge on any atom is -0.491 e. The molecule has 0 fully saturated rings. The molecule has 1 unspecified atom stereocenters. The zero-order valence-electron chi connectivity index (χ0n) is 11.2. The van der Waals surface area contributed by atoms with E-state index in [1.165, 1.54) is 5.56 Å². The van der Waals surface area contributed by atoms with Crippen LogP contribution in [0.3, 0.4) is 0 Å². The second-order valence-corrected chi connectivity index (χ2v) is 5.18. The number of hydrogen-bond acceptors (Lipinski definition) is 2. The predicted octanol–water partition coefficient (Wildman–Crippen LogP) is 3.96. The van der Waals surface area contributed by atoms with Crippen molar-refractivity contribution in [3.63, 3.8) is 0 Å². The van der Waals surface area contributed by atoms with Crippen LogP contribution in [0.15, 0.2) is 24.3 Å². The summed E-state index contributed by atoms with van der Waals surface area (Å²) in [6.07, 6.45) is 3.23. The van der Waals surface area contributed by atoms with E-state index < -0.39 is 0 Å². The summed E-state index contributed by atoms with van der Waals surface area (Å²) in [6.45, 7) is 4.21. The molecule has 102 valence electrons. The first-order chi connectivity index (χ1) is 8.67. The molecule has 2 nitrogen and oxygen atoms in total. The Kier molecular flexibility index (Phi) is 7.14. The van der Waals surface area contributed by atoms with Crippen molar-refractivity contribution in [2.24, 2.45) is 0 Å². The fourth-order valence-electron chi connectivity index (χ4n) is 1.94. The van der Waals surface area contributed by atoms with Crippen molar-refractivity contribution in [1.82, 2.24) is 0 Å². The summed E-state index contributed by atoms with van der Waals surface area (Å²) in [7, 11) is 0. The molecule has 0 spiro atoms. The largest absolute Gasteiger partial charge is 0.491 e. The molecule has 0 bridgehead atoms. The summed E-state index contributed by atoms with van der Waals surface area (Å²) >= 11 is 5.66. The molecular formula is C15H23ClO2. The van der Waals surface area contributed by atoms with Gasteiger partial charge in [-0.25, -0.2) is 0 Å². The van der Waals surface area contributed by atoms with Crippen LogP contribution < -0.4 is 4.74 Å². The van der Waals surface area contributed by atoms with Gasteiger partial charge >= 0.3 is 0 Å². The molecule has 0 saturated carbocycles. The van der Waals surface area contributed by atoms with Crippen molar-refractivity contribution >= 4 is 11.6 Å². The molecule has 18 heavy (non-hydrogen) atoms. The van der Waals surface area contributed by atoms with Crippen LogP contribution in [-0.4, -0.2) is 23.7 Å². The van der Waals surface area contributed by atoms with Gasteiger partial charge in [0, 0.05) is 18.4 Å². The van der Waals surface area contributed by atoms with Gasteiger partial charge in [-0.3, -0.25) is 0 Å². The molecule has 0 aromatic heterocycles. The van der Waals surface area contributed by atoms with E-state index in [1.807, 2.05) is 38.1 Å².